The van der Waals surface area contributed by atoms with Gasteiger partial charge in [-0.25, -0.2) is 4.79 Å². The van der Waals surface area contributed by atoms with Gasteiger partial charge in [0.1, 0.15) is 12.4 Å². The average Bonchev–Trinajstić information content (AvgIpc) is 2.69. The fourth-order valence-electron chi connectivity index (χ4n) is 3.68. The van der Waals surface area contributed by atoms with E-state index in [1.54, 1.807) is 4.90 Å². The van der Waals surface area contributed by atoms with Crippen LogP contribution in [-0.4, -0.2) is 45.9 Å². The van der Waals surface area contributed by atoms with Gasteiger partial charge in [-0.2, -0.15) is 0 Å². The van der Waals surface area contributed by atoms with Crippen molar-refractivity contribution < 1.29 is 9.59 Å². The highest BCUT2D eigenvalue weighted by molar-refractivity contribution is 5.98. The lowest BCUT2D eigenvalue weighted by atomic mass is 10.1. The van der Waals surface area contributed by atoms with Crippen LogP contribution in [0.1, 0.15) is 71.6 Å². The summed E-state index contributed by atoms with van der Waals surface area (Å²) in [5.41, 5.74) is 4.97. The van der Waals surface area contributed by atoms with E-state index in [-0.39, 0.29) is 29.9 Å². The molecule has 2 heterocycles. The third-order valence-electron chi connectivity index (χ3n) is 5.50. The molecule has 0 saturated carbocycles. The highest BCUT2D eigenvalue weighted by Gasteiger charge is 2.27. The van der Waals surface area contributed by atoms with E-state index in [0.717, 1.165) is 44.9 Å². The Bertz CT molecular complexity index is 845. The first-order valence-electron chi connectivity index (χ1n) is 11.1. The first-order valence-corrected chi connectivity index (χ1v) is 11.1. The third kappa shape index (κ3) is 5.96. The molecule has 0 bridgehead atoms. The smallest absolute Gasteiger partial charge is 0.330 e. The van der Waals surface area contributed by atoms with Gasteiger partial charge in [-0.1, -0.05) is 39.5 Å². The van der Waals surface area contributed by atoms with E-state index in [1.807, 2.05) is 13.8 Å². The summed E-state index contributed by atoms with van der Waals surface area (Å²) in [4.78, 5) is 55.7. The van der Waals surface area contributed by atoms with Crippen LogP contribution in [0.3, 0.4) is 0 Å². The number of nitrogens with zero attached hydrogens (tertiary/aromatic N) is 3. The van der Waals surface area contributed by atoms with Gasteiger partial charge in [0.2, 0.25) is 11.8 Å². The van der Waals surface area contributed by atoms with Crippen LogP contribution in [0.4, 0.5) is 11.5 Å². The summed E-state index contributed by atoms with van der Waals surface area (Å²) in [7, 11) is 0. The molecule has 1 aliphatic rings. The predicted octanol–water partition coefficient (Wildman–Crippen LogP) is 1.84. The fourth-order valence-corrected chi connectivity index (χ4v) is 3.68. The molecule has 9 nitrogen and oxygen atoms in total. The highest BCUT2D eigenvalue weighted by atomic mass is 16.2. The van der Waals surface area contributed by atoms with Crippen molar-refractivity contribution >= 4 is 23.3 Å². The van der Waals surface area contributed by atoms with Crippen molar-refractivity contribution in [2.24, 2.45) is 0 Å². The summed E-state index contributed by atoms with van der Waals surface area (Å²) >= 11 is 0. The van der Waals surface area contributed by atoms with Crippen LogP contribution in [-0.2, 0) is 16.1 Å². The number of hydrogen-bond acceptors (Lipinski definition) is 5. The second-order valence-corrected chi connectivity index (χ2v) is 7.88. The molecule has 3 N–H and O–H groups in total. The number of nitrogens with one attached hydrogen (secondary N) is 1. The molecule has 0 radical (unpaired) electrons. The van der Waals surface area contributed by atoms with E-state index in [9.17, 15) is 19.2 Å². The lowest BCUT2D eigenvalue weighted by Crippen LogP contribution is -2.47. The Hall–Kier alpha value is -2.58. The average molecular weight is 422 g/mol. The molecule has 0 spiro atoms. The Morgan fingerprint density at radius 3 is 2.47 bits per heavy atom. The topological polar surface area (TPSA) is 121 Å². The Kier molecular flexibility index (Phi) is 9.14. The van der Waals surface area contributed by atoms with Crippen LogP contribution < -0.4 is 21.9 Å². The standard InChI is InChI=1S/C21H35N5O4/c1-3-5-13-25(17(28)15-24-12-10-8-7-9-11-16(24)27)18-19(22)26(14-6-4-2)21(30)23-20(18)29/h3-15,22H2,1-2H3,(H,23,29,30). The van der Waals surface area contributed by atoms with Crippen molar-refractivity contribution in [2.75, 3.05) is 30.3 Å². The minimum atomic E-state index is -0.673. The number of carbonyl (C=O) groups is 2. The predicted molar refractivity (Wildman–Crippen MR) is 118 cm³/mol. The van der Waals surface area contributed by atoms with E-state index in [1.165, 1.54) is 9.47 Å². The number of H-pyrrole nitrogens is 1. The molecule has 1 fully saturated rings. The number of likely N-dealkylation sites (tertiary alicyclic amines) is 1. The number of nitrogens with two attached hydrogens (primary N) is 1. The number of hydrogen-bond donors (Lipinski definition) is 2. The van der Waals surface area contributed by atoms with E-state index in [4.69, 9.17) is 5.73 Å². The van der Waals surface area contributed by atoms with E-state index in [2.05, 4.69) is 4.98 Å². The molecule has 0 atom stereocenters. The lowest BCUT2D eigenvalue weighted by molar-refractivity contribution is -0.135. The van der Waals surface area contributed by atoms with Gasteiger partial charge >= 0.3 is 5.69 Å². The molecule has 1 aromatic heterocycles. The van der Waals surface area contributed by atoms with Gasteiger partial charge in [0.15, 0.2) is 5.69 Å². The summed E-state index contributed by atoms with van der Waals surface area (Å²) in [6.45, 7) is 5.09. The highest BCUT2D eigenvalue weighted by Crippen LogP contribution is 2.19. The maximum Gasteiger partial charge on any atom is 0.330 e. The molecule has 2 rings (SSSR count). The first kappa shape index (κ1) is 23.7. The Labute approximate surface area is 177 Å². The van der Waals surface area contributed by atoms with Crippen LogP contribution in [0.25, 0.3) is 0 Å². The zero-order valence-corrected chi connectivity index (χ0v) is 18.2. The van der Waals surface area contributed by atoms with Gasteiger partial charge in [0, 0.05) is 26.1 Å². The lowest BCUT2D eigenvalue weighted by Gasteiger charge is -2.29. The molecule has 0 aliphatic carbocycles. The minimum Gasteiger partial charge on any atom is -0.383 e. The molecule has 1 aromatic rings. The quantitative estimate of drug-likeness (QED) is 0.630. The zero-order valence-electron chi connectivity index (χ0n) is 18.2. The van der Waals surface area contributed by atoms with Crippen LogP contribution in [0.2, 0.25) is 0 Å². The van der Waals surface area contributed by atoms with Crippen LogP contribution in [0.5, 0.6) is 0 Å². The number of anilines is 2. The number of unbranched alkanes of at least 4 members (excludes halogenated alkanes) is 2. The molecule has 30 heavy (non-hydrogen) atoms. The number of aromatic nitrogens is 2. The first-order chi connectivity index (χ1) is 14.4. The maximum atomic E-state index is 13.2. The Balaban J connectivity index is 2.36. The molecule has 1 saturated heterocycles. The number of aromatic amines is 1. The second-order valence-electron chi connectivity index (χ2n) is 7.88. The van der Waals surface area contributed by atoms with E-state index >= 15 is 0 Å². The number of carbonyl (C=O) groups excluding carboxylic acids is 2. The molecule has 168 valence electrons. The third-order valence-corrected chi connectivity index (χ3v) is 5.50. The molecular formula is C21H35N5O4. The van der Waals surface area contributed by atoms with Gasteiger partial charge in [-0.05, 0) is 25.7 Å². The summed E-state index contributed by atoms with van der Waals surface area (Å²) in [6.07, 6.45) is 7.26. The van der Waals surface area contributed by atoms with Crippen molar-refractivity contribution in [1.29, 1.82) is 0 Å². The molecule has 2 amide bonds. The van der Waals surface area contributed by atoms with E-state index in [0.29, 0.717) is 32.5 Å². The van der Waals surface area contributed by atoms with Gasteiger partial charge < -0.3 is 15.5 Å². The van der Waals surface area contributed by atoms with Crippen molar-refractivity contribution in [3.8, 4) is 0 Å². The minimum absolute atomic E-state index is 0.000598. The number of rotatable bonds is 9. The summed E-state index contributed by atoms with van der Waals surface area (Å²) in [6, 6.07) is 0. The maximum absolute atomic E-state index is 13.2. The normalized spacial score (nSPS) is 15.0. The molecule has 0 unspecified atom stereocenters. The van der Waals surface area contributed by atoms with Crippen LogP contribution >= 0.6 is 0 Å². The molecular weight excluding hydrogens is 386 g/mol. The van der Waals surface area contributed by atoms with Gasteiger partial charge in [0.25, 0.3) is 5.56 Å². The largest absolute Gasteiger partial charge is 0.383 e. The van der Waals surface area contributed by atoms with Crippen molar-refractivity contribution in [1.82, 2.24) is 14.5 Å². The summed E-state index contributed by atoms with van der Waals surface area (Å²) < 4.78 is 1.31. The Morgan fingerprint density at radius 2 is 1.77 bits per heavy atom. The molecule has 1 aliphatic heterocycles. The fraction of sp³-hybridized carbons (Fsp3) is 0.714. The monoisotopic (exact) mass is 421 g/mol. The van der Waals surface area contributed by atoms with Crippen molar-refractivity contribution in [3.63, 3.8) is 0 Å². The zero-order chi connectivity index (χ0) is 22.1. The van der Waals surface area contributed by atoms with Gasteiger partial charge in [-0.3, -0.25) is 23.9 Å². The van der Waals surface area contributed by atoms with Crippen molar-refractivity contribution in [3.05, 3.63) is 20.8 Å². The molecule has 0 aromatic carbocycles. The SMILES string of the molecule is CCCCN(C(=O)CN1CCCCCCC1=O)c1c(N)n(CCCC)c(=O)[nH]c1=O. The summed E-state index contributed by atoms with van der Waals surface area (Å²) in [5, 5.41) is 0. The second kappa shape index (κ2) is 11.6. The number of nitrogen functional groups attached to an aromatic ring is 1. The van der Waals surface area contributed by atoms with Crippen LogP contribution in [0, 0.1) is 0 Å². The van der Waals surface area contributed by atoms with E-state index < -0.39 is 11.2 Å². The molecule has 9 heteroatoms. The number of amides is 2. The van der Waals surface area contributed by atoms with Gasteiger partial charge in [-0.15, -0.1) is 0 Å². The summed E-state index contributed by atoms with van der Waals surface area (Å²) in [5.74, 6) is -0.385. The Morgan fingerprint density at radius 1 is 1.07 bits per heavy atom. The van der Waals surface area contributed by atoms with Gasteiger partial charge in [0.05, 0.1) is 0 Å². The van der Waals surface area contributed by atoms with Crippen LogP contribution in [0.15, 0.2) is 9.59 Å². The van der Waals surface area contributed by atoms with Crippen molar-refractivity contribution in [2.45, 2.75) is 78.2 Å².